The van der Waals surface area contributed by atoms with Crippen LogP contribution in [0.2, 0.25) is 0 Å². The summed E-state index contributed by atoms with van der Waals surface area (Å²) in [6.07, 6.45) is 4.03. The van der Waals surface area contributed by atoms with E-state index in [1.807, 2.05) is 24.4 Å². The molecule has 18 heavy (non-hydrogen) atoms. The smallest absolute Gasteiger partial charge is 0.0702 e. The van der Waals surface area contributed by atoms with E-state index >= 15 is 0 Å². The monoisotopic (exact) mass is 242 g/mol. The molecular formula is C15H18N2O. The Morgan fingerprint density at radius 1 is 1.39 bits per heavy atom. The van der Waals surface area contributed by atoms with Crippen molar-refractivity contribution < 1.29 is 4.74 Å². The number of hydrogen-bond donors (Lipinski definition) is 1. The normalized spacial score (nSPS) is 21.3. The number of ether oxygens (including phenoxy) is 1. The Kier molecular flexibility index (Phi) is 3.26. The third kappa shape index (κ3) is 2.37. The first kappa shape index (κ1) is 11.6. The number of rotatable bonds is 3. The molecule has 1 aromatic heterocycles. The number of benzene rings is 1. The molecule has 1 aliphatic rings. The molecule has 94 valence electrons. The Hall–Kier alpha value is -1.45. The van der Waals surface area contributed by atoms with Crippen LogP contribution in [0.5, 0.6) is 0 Å². The van der Waals surface area contributed by atoms with Crippen LogP contribution in [-0.2, 0) is 4.74 Å². The van der Waals surface area contributed by atoms with Gasteiger partial charge in [-0.1, -0.05) is 18.2 Å². The van der Waals surface area contributed by atoms with Crippen molar-refractivity contribution in [1.29, 1.82) is 0 Å². The van der Waals surface area contributed by atoms with Crippen molar-refractivity contribution in [3.63, 3.8) is 0 Å². The molecule has 0 bridgehead atoms. The molecule has 0 amide bonds. The lowest BCUT2D eigenvalue weighted by molar-refractivity contribution is 0.182. The van der Waals surface area contributed by atoms with Gasteiger partial charge in [0.15, 0.2) is 0 Å². The average Bonchev–Trinajstić information content (AvgIpc) is 2.91. The van der Waals surface area contributed by atoms with Crippen LogP contribution in [0.15, 0.2) is 36.5 Å². The number of hydrogen-bond acceptors (Lipinski definition) is 3. The number of para-hydroxylation sites is 1. The maximum atomic E-state index is 6.27. The van der Waals surface area contributed by atoms with E-state index < -0.39 is 0 Å². The molecule has 2 aromatic rings. The van der Waals surface area contributed by atoms with Gasteiger partial charge in [-0.15, -0.1) is 0 Å². The summed E-state index contributed by atoms with van der Waals surface area (Å²) in [5, 5.41) is 1.16. The van der Waals surface area contributed by atoms with Crippen molar-refractivity contribution in [1.82, 2.24) is 4.98 Å². The van der Waals surface area contributed by atoms with Gasteiger partial charge in [0.2, 0.25) is 0 Å². The predicted octanol–water partition coefficient (Wildman–Crippen LogP) is 2.66. The molecule has 2 atom stereocenters. The first-order valence-corrected chi connectivity index (χ1v) is 6.51. The molecule has 0 saturated carbocycles. The lowest BCUT2D eigenvalue weighted by atomic mass is 9.95. The van der Waals surface area contributed by atoms with E-state index in [0.29, 0.717) is 5.92 Å². The molecular weight excluding hydrogens is 224 g/mol. The maximum Gasteiger partial charge on any atom is 0.0702 e. The van der Waals surface area contributed by atoms with Crippen molar-refractivity contribution in [2.75, 3.05) is 13.2 Å². The van der Waals surface area contributed by atoms with Crippen LogP contribution in [0.25, 0.3) is 10.9 Å². The number of pyridine rings is 1. The van der Waals surface area contributed by atoms with E-state index in [-0.39, 0.29) is 6.04 Å². The van der Waals surface area contributed by atoms with Gasteiger partial charge in [-0.05, 0) is 36.5 Å². The highest BCUT2D eigenvalue weighted by molar-refractivity contribution is 5.78. The van der Waals surface area contributed by atoms with Gasteiger partial charge in [-0.3, -0.25) is 4.98 Å². The van der Waals surface area contributed by atoms with E-state index in [9.17, 15) is 0 Å². The number of nitrogens with two attached hydrogens (primary N) is 1. The third-order valence-electron chi connectivity index (χ3n) is 3.65. The zero-order valence-electron chi connectivity index (χ0n) is 10.4. The van der Waals surface area contributed by atoms with E-state index in [1.165, 1.54) is 0 Å². The quantitative estimate of drug-likeness (QED) is 0.900. The van der Waals surface area contributed by atoms with E-state index in [0.717, 1.165) is 42.5 Å². The summed E-state index contributed by atoms with van der Waals surface area (Å²) in [5.41, 5.74) is 8.42. The summed E-state index contributed by atoms with van der Waals surface area (Å²) in [5.74, 6) is 0.603. The number of nitrogens with zero attached hydrogens (tertiary/aromatic N) is 1. The van der Waals surface area contributed by atoms with Crippen LogP contribution < -0.4 is 5.73 Å². The second-order valence-electron chi connectivity index (χ2n) is 5.03. The standard InChI is InChI=1S/C15H18N2O/c16-14(7-11-5-6-18-10-11)13-8-12-3-1-2-4-15(12)17-9-13/h1-4,8-9,11,14H,5-7,10,16H2. The summed E-state index contributed by atoms with van der Waals surface area (Å²) >= 11 is 0. The summed E-state index contributed by atoms with van der Waals surface area (Å²) in [6, 6.07) is 10.4. The molecule has 3 heteroatoms. The van der Waals surface area contributed by atoms with Crippen molar-refractivity contribution in [2.45, 2.75) is 18.9 Å². The van der Waals surface area contributed by atoms with Crippen LogP contribution in [-0.4, -0.2) is 18.2 Å². The maximum absolute atomic E-state index is 6.27. The topological polar surface area (TPSA) is 48.1 Å². The molecule has 1 fully saturated rings. The molecule has 2 unspecified atom stereocenters. The fraction of sp³-hybridized carbons (Fsp3) is 0.400. The molecule has 3 rings (SSSR count). The SMILES string of the molecule is NC(CC1CCOC1)c1cnc2ccccc2c1. The Morgan fingerprint density at radius 3 is 3.11 bits per heavy atom. The largest absolute Gasteiger partial charge is 0.381 e. The average molecular weight is 242 g/mol. The fourth-order valence-corrected chi connectivity index (χ4v) is 2.56. The molecule has 0 radical (unpaired) electrons. The zero-order chi connectivity index (χ0) is 12.4. The first-order chi connectivity index (χ1) is 8.83. The highest BCUT2D eigenvalue weighted by atomic mass is 16.5. The summed E-state index contributed by atoms with van der Waals surface area (Å²) in [4.78, 5) is 4.47. The highest BCUT2D eigenvalue weighted by Gasteiger charge is 2.19. The minimum absolute atomic E-state index is 0.0637. The first-order valence-electron chi connectivity index (χ1n) is 6.51. The Morgan fingerprint density at radius 2 is 2.28 bits per heavy atom. The van der Waals surface area contributed by atoms with Gasteiger partial charge in [0, 0.05) is 30.8 Å². The van der Waals surface area contributed by atoms with Crippen LogP contribution >= 0.6 is 0 Å². The van der Waals surface area contributed by atoms with Crippen molar-refractivity contribution >= 4 is 10.9 Å². The van der Waals surface area contributed by atoms with Gasteiger partial charge < -0.3 is 10.5 Å². The fourth-order valence-electron chi connectivity index (χ4n) is 2.56. The number of aromatic nitrogens is 1. The van der Waals surface area contributed by atoms with Crippen molar-refractivity contribution in [3.05, 3.63) is 42.1 Å². The molecule has 2 heterocycles. The minimum atomic E-state index is 0.0637. The van der Waals surface area contributed by atoms with Gasteiger partial charge in [-0.2, -0.15) is 0 Å². The molecule has 3 nitrogen and oxygen atoms in total. The molecule has 0 aliphatic carbocycles. The molecule has 1 aliphatic heterocycles. The number of fused-ring (bicyclic) bond motifs is 1. The lowest BCUT2D eigenvalue weighted by Gasteiger charge is -2.15. The Balaban J connectivity index is 1.80. The van der Waals surface area contributed by atoms with E-state index in [1.54, 1.807) is 0 Å². The molecule has 2 N–H and O–H groups in total. The predicted molar refractivity (Wildman–Crippen MR) is 72.2 cm³/mol. The van der Waals surface area contributed by atoms with Gasteiger partial charge in [0.05, 0.1) is 5.52 Å². The van der Waals surface area contributed by atoms with Crippen LogP contribution in [0.4, 0.5) is 0 Å². The Labute approximate surface area is 107 Å². The second-order valence-corrected chi connectivity index (χ2v) is 5.03. The van der Waals surface area contributed by atoms with Crippen molar-refractivity contribution in [3.8, 4) is 0 Å². The summed E-state index contributed by atoms with van der Waals surface area (Å²) in [6.45, 7) is 1.74. The summed E-state index contributed by atoms with van der Waals surface area (Å²) < 4.78 is 5.39. The van der Waals surface area contributed by atoms with E-state index in [4.69, 9.17) is 10.5 Å². The van der Waals surface area contributed by atoms with Gasteiger partial charge >= 0.3 is 0 Å². The third-order valence-corrected chi connectivity index (χ3v) is 3.65. The van der Waals surface area contributed by atoms with Crippen LogP contribution in [0.1, 0.15) is 24.4 Å². The second kappa shape index (κ2) is 5.04. The van der Waals surface area contributed by atoms with Gasteiger partial charge in [-0.25, -0.2) is 0 Å². The summed E-state index contributed by atoms with van der Waals surface area (Å²) in [7, 11) is 0. The Bertz CT molecular complexity index is 535. The molecule has 0 spiro atoms. The van der Waals surface area contributed by atoms with E-state index in [2.05, 4.69) is 17.1 Å². The van der Waals surface area contributed by atoms with Crippen LogP contribution in [0.3, 0.4) is 0 Å². The van der Waals surface area contributed by atoms with Gasteiger partial charge in [0.1, 0.15) is 0 Å². The minimum Gasteiger partial charge on any atom is -0.381 e. The molecule has 1 aromatic carbocycles. The zero-order valence-corrected chi connectivity index (χ0v) is 10.4. The van der Waals surface area contributed by atoms with Crippen LogP contribution in [0, 0.1) is 5.92 Å². The highest BCUT2D eigenvalue weighted by Crippen LogP contribution is 2.25. The van der Waals surface area contributed by atoms with Gasteiger partial charge in [0.25, 0.3) is 0 Å². The lowest BCUT2D eigenvalue weighted by Crippen LogP contribution is -2.15. The molecule has 1 saturated heterocycles. The van der Waals surface area contributed by atoms with Crippen molar-refractivity contribution in [2.24, 2.45) is 11.7 Å².